The smallest absolute Gasteiger partial charge is 0.258 e. The van der Waals surface area contributed by atoms with Gasteiger partial charge in [-0.25, -0.2) is 0 Å². The molecule has 2 amide bonds. The molecule has 6 nitrogen and oxygen atoms in total. The van der Waals surface area contributed by atoms with Crippen molar-refractivity contribution in [3.8, 4) is 11.5 Å². The number of para-hydroxylation sites is 1. The molecule has 0 aromatic heterocycles. The number of anilines is 1. The average molecular weight is 300 g/mol. The Balaban J connectivity index is 1.70. The SMILES string of the molecule is O=C(COc1ccccc1)NCC(=O)Nc1cccc(O)c1. The van der Waals surface area contributed by atoms with Crippen molar-refractivity contribution >= 4 is 17.5 Å². The molecule has 0 atom stereocenters. The Morgan fingerprint density at radius 3 is 2.50 bits per heavy atom. The second-order valence-corrected chi connectivity index (χ2v) is 4.48. The zero-order valence-corrected chi connectivity index (χ0v) is 11.8. The predicted molar refractivity (Wildman–Crippen MR) is 81.7 cm³/mol. The molecule has 0 heterocycles. The van der Waals surface area contributed by atoms with E-state index in [1.54, 1.807) is 36.4 Å². The number of rotatable bonds is 6. The van der Waals surface area contributed by atoms with Crippen LogP contribution in [0.15, 0.2) is 54.6 Å². The number of carbonyl (C=O) groups is 2. The Hall–Kier alpha value is -3.02. The number of hydrogen-bond donors (Lipinski definition) is 3. The Labute approximate surface area is 127 Å². The summed E-state index contributed by atoms with van der Waals surface area (Å²) < 4.78 is 5.26. The van der Waals surface area contributed by atoms with E-state index in [0.717, 1.165) is 0 Å². The van der Waals surface area contributed by atoms with Gasteiger partial charge in [0, 0.05) is 11.8 Å². The van der Waals surface area contributed by atoms with Gasteiger partial charge >= 0.3 is 0 Å². The van der Waals surface area contributed by atoms with Gasteiger partial charge in [-0.05, 0) is 24.3 Å². The fourth-order valence-electron chi connectivity index (χ4n) is 1.68. The summed E-state index contributed by atoms with van der Waals surface area (Å²) in [5.41, 5.74) is 0.458. The van der Waals surface area contributed by atoms with E-state index in [1.807, 2.05) is 6.07 Å². The van der Waals surface area contributed by atoms with E-state index in [2.05, 4.69) is 10.6 Å². The molecule has 22 heavy (non-hydrogen) atoms. The first-order valence-corrected chi connectivity index (χ1v) is 6.67. The van der Waals surface area contributed by atoms with Crippen molar-refractivity contribution in [1.29, 1.82) is 0 Å². The van der Waals surface area contributed by atoms with Crippen LogP contribution in [-0.2, 0) is 9.59 Å². The van der Waals surface area contributed by atoms with E-state index in [4.69, 9.17) is 4.74 Å². The third-order valence-electron chi connectivity index (χ3n) is 2.69. The predicted octanol–water partition coefficient (Wildman–Crippen LogP) is 1.53. The lowest BCUT2D eigenvalue weighted by atomic mass is 10.3. The van der Waals surface area contributed by atoms with Crippen molar-refractivity contribution in [3.05, 3.63) is 54.6 Å². The zero-order valence-electron chi connectivity index (χ0n) is 11.8. The van der Waals surface area contributed by atoms with Crippen LogP contribution in [0, 0.1) is 0 Å². The molecule has 114 valence electrons. The molecule has 2 aromatic rings. The van der Waals surface area contributed by atoms with E-state index in [1.165, 1.54) is 12.1 Å². The maximum Gasteiger partial charge on any atom is 0.258 e. The fourth-order valence-corrected chi connectivity index (χ4v) is 1.68. The average Bonchev–Trinajstić information content (AvgIpc) is 2.52. The summed E-state index contributed by atoms with van der Waals surface area (Å²) in [5, 5.41) is 14.3. The minimum atomic E-state index is -0.394. The van der Waals surface area contributed by atoms with Crippen molar-refractivity contribution in [1.82, 2.24) is 5.32 Å². The summed E-state index contributed by atoms with van der Waals surface area (Å²) in [6.07, 6.45) is 0. The molecule has 0 radical (unpaired) electrons. The first-order valence-electron chi connectivity index (χ1n) is 6.67. The molecule has 0 saturated heterocycles. The van der Waals surface area contributed by atoms with Gasteiger partial charge in [0.25, 0.3) is 5.91 Å². The molecule has 0 saturated carbocycles. The molecule has 3 N–H and O–H groups in total. The standard InChI is InChI=1S/C16H16N2O4/c19-13-6-4-5-12(9-13)18-15(20)10-17-16(21)11-22-14-7-2-1-3-8-14/h1-9,19H,10-11H2,(H,17,21)(H,18,20). The first-order chi connectivity index (χ1) is 10.6. The lowest BCUT2D eigenvalue weighted by molar-refractivity contribution is -0.125. The lowest BCUT2D eigenvalue weighted by Gasteiger charge is -2.08. The highest BCUT2D eigenvalue weighted by molar-refractivity contribution is 5.94. The van der Waals surface area contributed by atoms with Gasteiger partial charge in [-0.1, -0.05) is 24.3 Å². The van der Waals surface area contributed by atoms with Crippen LogP contribution in [0.4, 0.5) is 5.69 Å². The Kier molecular flexibility index (Phi) is 5.37. The molecular formula is C16H16N2O4. The number of carbonyl (C=O) groups excluding carboxylic acids is 2. The van der Waals surface area contributed by atoms with Gasteiger partial charge in [0.2, 0.25) is 5.91 Å². The summed E-state index contributed by atoms with van der Waals surface area (Å²) in [6, 6.07) is 15.1. The van der Waals surface area contributed by atoms with Gasteiger partial charge < -0.3 is 20.5 Å². The number of phenols is 1. The maximum absolute atomic E-state index is 11.7. The minimum Gasteiger partial charge on any atom is -0.508 e. The number of aromatic hydroxyl groups is 1. The van der Waals surface area contributed by atoms with Crippen molar-refractivity contribution < 1.29 is 19.4 Å². The Morgan fingerprint density at radius 1 is 1.00 bits per heavy atom. The largest absolute Gasteiger partial charge is 0.508 e. The van der Waals surface area contributed by atoms with Crippen LogP contribution in [-0.4, -0.2) is 30.1 Å². The molecular weight excluding hydrogens is 284 g/mol. The summed E-state index contributed by atoms with van der Waals surface area (Å²) in [7, 11) is 0. The van der Waals surface area contributed by atoms with E-state index >= 15 is 0 Å². The summed E-state index contributed by atoms with van der Waals surface area (Å²) >= 11 is 0. The lowest BCUT2D eigenvalue weighted by Crippen LogP contribution is -2.35. The summed E-state index contributed by atoms with van der Waals surface area (Å²) in [4.78, 5) is 23.2. The molecule has 0 bridgehead atoms. The van der Waals surface area contributed by atoms with Crippen LogP contribution >= 0.6 is 0 Å². The first kappa shape index (κ1) is 15.4. The van der Waals surface area contributed by atoms with Crippen molar-refractivity contribution in [2.24, 2.45) is 0 Å². The molecule has 2 aromatic carbocycles. The Bertz CT molecular complexity index is 644. The molecule has 2 rings (SSSR count). The minimum absolute atomic E-state index is 0.0538. The van der Waals surface area contributed by atoms with Crippen molar-refractivity contribution in [2.45, 2.75) is 0 Å². The molecule has 0 aliphatic carbocycles. The van der Waals surface area contributed by atoms with E-state index in [9.17, 15) is 14.7 Å². The van der Waals surface area contributed by atoms with Crippen molar-refractivity contribution in [3.63, 3.8) is 0 Å². The Morgan fingerprint density at radius 2 is 1.77 bits per heavy atom. The third-order valence-corrected chi connectivity index (χ3v) is 2.69. The van der Waals surface area contributed by atoms with Gasteiger partial charge in [-0.3, -0.25) is 9.59 Å². The van der Waals surface area contributed by atoms with Crippen LogP contribution < -0.4 is 15.4 Å². The van der Waals surface area contributed by atoms with Crippen LogP contribution in [0.3, 0.4) is 0 Å². The molecule has 0 aliphatic rings. The second-order valence-electron chi connectivity index (χ2n) is 4.48. The number of amides is 2. The molecule has 0 fully saturated rings. The molecule has 6 heteroatoms. The molecule has 0 unspecified atom stereocenters. The normalized spacial score (nSPS) is 9.82. The van der Waals surface area contributed by atoms with Gasteiger partial charge in [0.15, 0.2) is 6.61 Å². The van der Waals surface area contributed by atoms with Crippen LogP contribution in [0.25, 0.3) is 0 Å². The highest BCUT2D eigenvalue weighted by Crippen LogP contribution is 2.14. The highest BCUT2D eigenvalue weighted by Gasteiger charge is 2.07. The van der Waals surface area contributed by atoms with Crippen molar-refractivity contribution in [2.75, 3.05) is 18.5 Å². The van der Waals surface area contributed by atoms with Gasteiger partial charge in [0.05, 0.1) is 6.54 Å². The topological polar surface area (TPSA) is 87.7 Å². The van der Waals surface area contributed by atoms with E-state index in [0.29, 0.717) is 11.4 Å². The number of ether oxygens (including phenoxy) is 1. The zero-order chi connectivity index (χ0) is 15.8. The van der Waals surface area contributed by atoms with Gasteiger partial charge in [-0.2, -0.15) is 0 Å². The van der Waals surface area contributed by atoms with Crippen LogP contribution in [0.5, 0.6) is 11.5 Å². The molecule has 0 spiro atoms. The fraction of sp³-hybridized carbons (Fsp3) is 0.125. The number of nitrogens with one attached hydrogen (secondary N) is 2. The second kappa shape index (κ2) is 7.68. The monoisotopic (exact) mass is 300 g/mol. The number of phenolic OH excluding ortho intramolecular Hbond substituents is 1. The highest BCUT2D eigenvalue weighted by atomic mass is 16.5. The summed E-state index contributed by atoms with van der Waals surface area (Å²) in [6.45, 7) is -0.337. The number of benzene rings is 2. The van der Waals surface area contributed by atoms with Gasteiger partial charge in [-0.15, -0.1) is 0 Å². The third kappa shape index (κ3) is 5.16. The van der Waals surface area contributed by atoms with Crippen LogP contribution in [0.1, 0.15) is 0 Å². The van der Waals surface area contributed by atoms with Crippen LogP contribution in [0.2, 0.25) is 0 Å². The number of hydrogen-bond acceptors (Lipinski definition) is 4. The summed E-state index contributed by atoms with van der Waals surface area (Å²) in [5.74, 6) is -0.145. The van der Waals surface area contributed by atoms with E-state index < -0.39 is 11.8 Å². The van der Waals surface area contributed by atoms with E-state index in [-0.39, 0.29) is 18.9 Å². The van der Waals surface area contributed by atoms with Gasteiger partial charge in [0.1, 0.15) is 11.5 Å². The molecule has 0 aliphatic heterocycles. The maximum atomic E-state index is 11.7. The quantitative estimate of drug-likeness (QED) is 0.755.